The Bertz CT molecular complexity index is 655. The van der Waals surface area contributed by atoms with Crippen molar-refractivity contribution in [3.63, 3.8) is 0 Å². The summed E-state index contributed by atoms with van der Waals surface area (Å²) >= 11 is 0. The lowest BCUT2D eigenvalue weighted by atomic mass is 9.82. The van der Waals surface area contributed by atoms with Crippen molar-refractivity contribution in [3.8, 4) is 0 Å². The molecule has 0 amide bonds. The van der Waals surface area contributed by atoms with E-state index in [2.05, 4.69) is 10.0 Å². The van der Waals surface area contributed by atoms with E-state index in [0.717, 1.165) is 11.0 Å². The van der Waals surface area contributed by atoms with Crippen molar-refractivity contribution in [2.45, 2.75) is 37.5 Å². The van der Waals surface area contributed by atoms with Crippen LogP contribution in [-0.2, 0) is 0 Å². The quantitative estimate of drug-likeness (QED) is 0.259. The third-order valence-electron chi connectivity index (χ3n) is 4.15. The van der Waals surface area contributed by atoms with Gasteiger partial charge in [0.05, 0.1) is 12.6 Å². The van der Waals surface area contributed by atoms with Gasteiger partial charge in [0.1, 0.15) is 5.82 Å². The summed E-state index contributed by atoms with van der Waals surface area (Å²) in [6.45, 7) is -0.0346. The molecule has 0 N–H and O–H groups in total. The van der Waals surface area contributed by atoms with E-state index in [0.29, 0.717) is 6.07 Å². The second kappa shape index (κ2) is 6.90. The van der Waals surface area contributed by atoms with Crippen molar-refractivity contribution in [1.82, 2.24) is 4.90 Å². The Morgan fingerprint density at radius 1 is 1.29 bits per heavy atom. The molecule has 0 spiro atoms. The molecule has 1 aliphatic rings. The molecule has 1 aromatic rings. The van der Waals surface area contributed by atoms with Crippen LogP contribution in [0.4, 0.5) is 26.3 Å². The number of azide groups is 1. The first-order valence-corrected chi connectivity index (χ1v) is 7.12. The first-order valence-electron chi connectivity index (χ1n) is 7.12. The van der Waals surface area contributed by atoms with Gasteiger partial charge in [0.2, 0.25) is 0 Å². The van der Waals surface area contributed by atoms with E-state index in [4.69, 9.17) is 5.53 Å². The molecule has 1 aliphatic heterocycles. The Morgan fingerprint density at radius 2 is 1.96 bits per heavy atom. The minimum atomic E-state index is -4.51. The summed E-state index contributed by atoms with van der Waals surface area (Å²) in [5, 5.41) is 3.41. The van der Waals surface area contributed by atoms with Gasteiger partial charge in [-0.05, 0) is 30.5 Å². The molecule has 0 aliphatic carbocycles. The SMILES string of the molecule is CC1C(c2cc(F)cc(F)c2F)CC(N=[N+]=[N-])CN1CC(F)(F)F. The van der Waals surface area contributed by atoms with E-state index in [1.807, 2.05) is 0 Å². The molecule has 10 heteroatoms. The number of piperidine rings is 1. The molecule has 0 aromatic heterocycles. The minimum absolute atomic E-state index is 0.000598. The van der Waals surface area contributed by atoms with Crippen molar-refractivity contribution in [2.75, 3.05) is 13.1 Å². The highest BCUT2D eigenvalue weighted by molar-refractivity contribution is 5.26. The van der Waals surface area contributed by atoms with Gasteiger partial charge in [-0.25, -0.2) is 13.2 Å². The molecule has 4 nitrogen and oxygen atoms in total. The highest BCUT2D eigenvalue weighted by Gasteiger charge is 2.41. The standard InChI is InChI=1S/C14H14F6N4/c1-7-10(11-2-8(15)3-12(16)13(11)17)4-9(22-23-21)5-24(7)6-14(18,19)20/h2-3,7,9-10H,4-6H2,1H3. The van der Waals surface area contributed by atoms with Crippen LogP contribution >= 0.6 is 0 Å². The smallest absolute Gasteiger partial charge is 0.291 e. The van der Waals surface area contributed by atoms with E-state index in [1.54, 1.807) is 0 Å². The summed E-state index contributed by atoms with van der Waals surface area (Å²) in [7, 11) is 0. The maximum atomic E-state index is 14.0. The van der Waals surface area contributed by atoms with Crippen molar-refractivity contribution in [3.05, 3.63) is 45.6 Å². The van der Waals surface area contributed by atoms with Crippen molar-refractivity contribution in [2.24, 2.45) is 5.11 Å². The molecule has 0 bridgehead atoms. The minimum Gasteiger partial charge on any atom is -0.291 e. The molecule has 0 radical (unpaired) electrons. The largest absolute Gasteiger partial charge is 0.401 e. The summed E-state index contributed by atoms with van der Waals surface area (Å²) in [5.41, 5.74) is 8.17. The third-order valence-corrected chi connectivity index (χ3v) is 4.15. The average Bonchev–Trinajstić information content (AvgIpc) is 2.45. The third kappa shape index (κ3) is 4.12. The maximum Gasteiger partial charge on any atom is 0.401 e. The van der Waals surface area contributed by atoms with Crippen LogP contribution in [0.3, 0.4) is 0 Å². The van der Waals surface area contributed by atoms with Gasteiger partial charge in [0.25, 0.3) is 0 Å². The van der Waals surface area contributed by atoms with Crippen LogP contribution in [0.1, 0.15) is 24.8 Å². The van der Waals surface area contributed by atoms with Crippen LogP contribution in [0.25, 0.3) is 10.4 Å². The van der Waals surface area contributed by atoms with E-state index in [1.165, 1.54) is 6.92 Å². The summed E-state index contributed by atoms with van der Waals surface area (Å²) < 4.78 is 79.1. The van der Waals surface area contributed by atoms with Gasteiger partial charge in [-0.3, -0.25) is 4.90 Å². The van der Waals surface area contributed by atoms with Crippen LogP contribution in [0, 0.1) is 17.5 Å². The Labute approximate surface area is 133 Å². The molecule has 1 fully saturated rings. The van der Waals surface area contributed by atoms with E-state index < -0.39 is 48.2 Å². The predicted octanol–water partition coefficient (Wildman–Crippen LogP) is 4.52. The van der Waals surface area contributed by atoms with Gasteiger partial charge in [-0.15, -0.1) is 0 Å². The molecular formula is C14H14F6N4. The summed E-state index contributed by atoms with van der Waals surface area (Å²) in [6.07, 6.45) is -4.51. The number of benzene rings is 1. The molecular weight excluding hydrogens is 338 g/mol. The number of alkyl halides is 3. The Balaban J connectivity index is 2.41. The second-order valence-electron chi connectivity index (χ2n) is 5.78. The van der Waals surface area contributed by atoms with Gasteiger partial charge < -0.3 is 0 Å². The number of hydrogen-bond acceptors (Lipinski definition) is 2. The molecule has 132 valence electrons. The Kier molecular flexibility index (Phi) is 5.29. The van der Waals surface area contributed by atoms with E-state index in [-0.39, 0.29) is 18.5 Å². The fourth-order valence-electron chi connectivity index (χ4n) is 3.08. The molecule has 0 saturated carbocycles. The number of rotatable bonds is 3. The average molecular weight is 352 g/mol. The molecule has 3 unspecified atom stereocenters. The number of nitrogens with zero attached hydrogens (tertiary/aromatic N) is 4. The normalized spacial score (nSPS) is 25.4. The van der Waals surface area contributed by atoms with E-state index >= 15 is 0 Å². The summed E-state index contributed by atoms with van der Waals surface area (Å²) in [6, 6.07) is -0.564. The Hall–Kier alpha value is -1.93. The first-order chi connectivity index (χ1) is 11.1. The highest BCUT2D eigenvalue weighted by Crippen LogP contribution is 2.37. The van der Waals surface area contributed by atoms with Crippen LogP contribution < -0.4 is 0 Å². The predicted molar refractivity (Wildman–Crippen MR) is 73.7 cm³/mol. The van der Waals surface area contributed by atoms with Gasteiger partial charge in [0.15, 0.2) is 11.6 Å². The van der Waals surface area contributed by atoms with Crippen molar-refractivity contribution >= 4 is 0 Å². The lowest BCUT2D eigenvalue weighted by Gasteiger charge is -2.42. The highest BCUT2D eigenvalue weighted by atomic mass is 19.4. The van der Waals surface area contributed by atoms with Crippen LogP contribution in [-0.4, -0.2) is 36.2 Å². The van der Waals surface area contributed by atoms with Gasteiger partial charge in [-0.2, -0.15) is 13.2 Å². The monoisotopic (exact) mass is 352 g/mol. The van der Waals surface area contributed by atoms with E-state index in [9.17, 15) is 26.3 Å². The lowest BCUT2D eigenvalue weighted by molar-refractivity contribution is -0.154. The van der Waals surface area contributed by atoms with Crippen molar-refractivity contribution < 1.29 is 26.3 Å². The maximum absolute atomic E-state index is 14.0. The van der Waals surface area contributed by atoms with Gasteiger partial charge >= 0.3 is 6.18 Å². The summed E-state index contributed by atoms with van der Waals surface area (Å²) in [5.74, 6) is -4.68. The molecule has 3 atom stereocenters. The van der Waals surface area contributed by atoms with Gasteiger partial charge in [0, 0.05) is 29.5 Å². The molecule has 1 saturated heterocycles. The first kappa shape index (κ1) is 18.4. The Morgan fingerprint density at radius 3 is 2.54 bits per heavy atom. The number of halogens is 6. The molecule has 1 heterocycles. The zero-order valence-electron chi connectivity index (χ0n) is 12.6. The molecule has 24 heavy (non-hydrogen) atoms. The van der Waals surface area contributed by atoms with Gasteiger partial charge in [-0.1, -0.05) is 5.11 Å². The molecule has 1 aromatic carbocycles. The zero-order chi connectivity index (χ0) is 18.1. The van der Waals surface area contributed by atoms with Crippen LogP contribution in [0.2, 0.25) is 0 Å². The number of likely N-dealkylation sites (tertiary alicyclic amines) is 1. The fourth-order valence-corrected chi connectivity index (χ4v) is 3.08. The van der Waals surface area contributed by atoms with Crippen molar-refractivity contribution in [1.29, 1.82) is 0 Å². The van der Waals surface area contributed by atoms with Crippen LogP contribution in [0.5, 0.6) is 0 Å². The second-order valence-corrected chi connectivity index (χ2v) is 5.78. The molecule has 2 rings (SSSR count). The summed E-state index contributed by atoms with van der Waals surface area (Å²) in [4.78, 5) is 3.56. The van der Waals surface area contributed by atoms with Crippen LogP contribution in [0.15, 0.2) is 17.2 Å². The topological polar surface area (TPSA) is 52.0 Å². The fraction of sp³-hybridized carbons (Fsp3) is 0.571. The number of hydrogen-bond donors (Lipinski definition) is 0. The lowest BCUT2D eigenvalue weighted by Crippen LogP contribution is -2.51. The zero-order valence-corrected chi connectivity index (χ0v) is 12.6.